The Morgan fingerprint density at radius 1 is 1.03 bits per heavy atom. The van der Waals surface area contributed by atoms with Crippen molar-refractivity contribution in [2.24, 2.45) is 0 Å². The summed E-state index contributed by atoms with van der Waals surface area (Å²) >= 11 is 1.75. The van der Waals surface area contributed by atoms with Crippen molar-refractivity contribution >= 4 is 17.2 Å². The first-order valence-corrected chi connectivity index (χ1v) is 12.8. The molecule has 0 aromatic carbocycles. The fourth-order valence-electron chi connectivity index (χ4n) is 4.83. The van der Waals surface area contributed by atoms with Crippen LogP contribution in [0.25, 0.3) is 0 Å². The van der Waals surface area contributed by atoms with Gasteiger partial charge in [-0.25, -0.2) is 0 Å². The molecule has 0 bridgehead atoms. The van der Waals surface area contributed by atoms with E-state index in [-0.39, 0.29) is 0 Å². The Bertz CT molecular complexity index is 670. The van der Waals surface area contributed by atoms with Crippen LogP contribution in [0.3, 0.4) is 0 Å². The van der Waals surface area contributed by atoms with Gasteiger partial charge < -0.3 is 9.64 Å². The molecule has 0 radical (unpaired) electrons. The van der Waals surface area contributed by atoms with Gasteiger partial charge in [-0.15, -0.1) is 0 Å². The van der Waals surface area contributed by atoms with E-state index in [2.05, 4.69) is 55.2 Å². The molecule has 0 saturated carbocycles. The van der Waals surface area contributed by atoms with Crippen LogP contribution in [0.15, 0.2) is 16.8 Å². The van der Waals surface area contributed by atoms with Crippen LogP contribution in [0.4, 0.5) is 0 Å². The first-order valence-electron chi connectivity index (χ1n) is 11.9. The first-order chi connectivity index (χ1) is 15.1. The number of ether oxygens (including phenoxy) is 1. The third kappa shape index (κ3) is 6.73. The first kappa shape index (κ1) is 23.1. The monoisotopic (exact) mass is 449 g/mol. The van der Waals surface area contributed by atoms with Crippen LogP contribution in [-0.2, 0) is 16.1 Å². The number of piperazine rings is 2. The van der Waals surface area contributed by atoms with E-state index in [1.807, 2.05) is 0 Å². The van der Waals surface area contributed by atoms with E-state index in [4.69, 9.17) is 4.74 Å². The van der Waals surface area contributed by atoms with E-state index in [1.165, 1.54) is 5.56 Å². The Labute approximate surface area is 191 Å². The highest BCUT2D eigenvalue weighted by atomic mass is 32.1. The van der Waals surface area contributed by atoms with Crippen molar-refractivity contribution in [2.45, 2.75) is 32.5 Å². The maximum absolute atomic E-state index is 12.8. The Hall–Kier alpha value is -1.03. The van der Waals surface area contributed by atoms with Crippen LogP contribution in [0.2, 0.25) is 0 Å². The van der Waals surface area contributed by atoms with Gasteiger partial charge in [0.05, 0.1) is 19.3 Å². The minimum absolute atomic E-state index is 0.298. The zero-order valence-corrected chi connectivity index (χ0v) is 20.1. The summed E-state index contributed by atoms with van der Waals surface area (Å²) in [6.07, 6.45) is 0.315. The highest BCUT2D eigenvalue weighted by Crippen LogP contribution is 2.14. The van der Waals surface area contributed by atoms with Crippen LogP contribution < -0.4 is 0 Å². The van der Waals surface area contributed by atoms with Crippen molar-refractivity contribution in [3.05, 3.63) is 22.4 Å². The topological polar surface area (TPSA) is 42.5 Å². The lowest BCUT2D eigenvalue weighted by molar-refractivity contribution is -0.134. The average molecular weight is 450 g/mol. The third-order valence-electron chi connectivity index (χ3n) is 6.90. The molecule has 7 nitrogen and oxygen atoms in total. The number of rotatable bonds is 7. The van der Waals surface area contributed by atoms with E-state index >= 15 is 0 Å². The summed E-state index contributed by atoms with van der Waals surface area (Å²) in [4.78, 5) is 24.7. The number of thiophene rings is 1. The highest BCUT2D eigenvalue weighted by molar-refractivity contribution is 7.07. The van der Waals surface area contributed by atoms with Gasteiger partial charge in [0.1, 0.15) is 0 Å². The lowest BCUT2D eigenvalue weighted by Crippen LogP contribution is -2.55. The average Bonchev–Trinajstić information content (AvgIpc) is 3.29. The Balaban J connectivity index is 1.13. The summed E-state index contributed by atoms with van der Waals surface area (Å²) in [5.74, 6) is 0.298. The summed E-state index contributed by atoms with van der Waals surface area (Å²) < 4.78 is 6.01. The molecule has 0 N–H and O–H groups in total. The Morgan fingerprint density at radius 3 is 2.42 bits per heavy atom. The molecule has 1 aromatic rings. The molecule has 4 rings (SSSR count). The lowest BCUT2D eigenvalue weighted by atomic mass is 10.2. The molecule has 3 fully saturated rings. The minimum atomic E-state index is 0.298. The van der Waals surface area contributed by atoms with Crippen LogP contribution in [0, 0.1) is 0 Å². The zero-order valence-electron chi connectivity index (χ0n) is 19.2. The van der Waals surface area contributed by atoms with Gasteiger partial charge in [0.15, 0.2) is 0 Å². The molecule has 1 aromatic heterocycles. The molecule has 0 aliphatic carbocycles. The normalized spacial score (nSPS) is 25.4. The summed E-state index contributed by atoms with van der Waals surface area (Å²) in [6, 6.07) is 2.79. The molecular formula is C23H39N5O2S. The Kier molecular flexibility index (Phi) is 8.37. The molecule has 3 aliphatic heterocycles. The van der Waals surface area contributed by atoms with Gasteiger partial charge >= 0.3 is 0 Å². The van der Waals surface area contributed by atoms with Crippen molar-refractivity contribution < 1.29 is 9.53 Å². The minimum Gasteiger partial charge on any atom is -0.374 e. The molecule has 174 valence electrons. The SMILES string of the molecule is CC(C)N1CCOC(CN2CCN(CC(=O)N3CCN(Cc4ccsc4)CC3)CC2)C1. The van der Waals surface area contributed by atoms with E-state index in [0.717, 1.165) is 85.1 Å². The van der Waals surface area contributed by atoms with Crippen molar-refractivity contribution in [1.29, 1.82) is 0 Å². The fraction of sp³-hybridized carbons (Fsp3) is 0.783. The maximum Gasteiger partial charge on any atom is 0.236 e. The molecule has 1 unspecified atom stereocenters. The second-order valence-corrected chi connectivity index (χ2v) is 10.2. The number of morpholine rings is 1. The maximum atomic E-state index is 12.8. The molecule has 4 heterocycles. The van der Waals surface area contributed by atoms with Crippen molar-refractivity contribution in [2.75, 3.05) is 85.1 Å². The van der Waals surface area contributed by atoms with Crippen LogP contribution in [0.1, 0.15) is 19.4 Å². The summed E-state index contributed by atoms with van der Waals surface area (Å²) in [6.45, 7) is 17.7. The number of carbonyl (C=O) groups is 1. The lowest BCUT2D eigenvalue weighted by Gasteiger charge is -2.40. The van der Waals surface area contributed by atoms with Gasteiger partial charge in [0.25, 0.3) is 0 Å². The second-order valence-electron chi connectivity index (χ2n) is 9.45. The molecular weight excluding hydrogens is 410 g/mol. The van der Waals surface area contributed by atoms with Crippen LogP contribution in [-0.4, -0.2) is 128 Å². The second kappa shape index (κ2) is 11.2. The largest absolute Gasteiger partial charge is 0.374 e. The molecule has 8 heteroatoms. The number of hydrogen-bond acceptors (Lipinski definition) is 7. The molecule has 1 amide bonds. The zero-order chi connectivity index (χ0) is 21.6. The van der Waals surface area contributed by atoms with Crippen molar-refractivity contribution in [3.63, 3.8) is 0 Å². The molecule has 0 spiro atoms. The summed E-state index contributed by atoms with van der Waals surface area (Å²) in [7, 11) is 0. The molecule has 1 atom stereocenters. The van der Waals surface area contributed by atoms with Crippen molar-refractivity contribution in [1.82, 2.24) is 24.5 Å². The quantitative estimate of drug-likeness (QED) is 0.622. The van der Waals surface area contributed by atoms with Gasteiger partial charge in [-0.1, -0.05) is 0 Å². The molecule has 3 saturated heterocycles. The number of hydrogen-bond donors (Lipinski definition) is 0. The summed E-state index contributed by atoms with van der Waals surface area (Å²) in [5.41, 5.74) is 1.39. The smallest absolute Gasteiger partial charge is 0.236 e. The van der Waals surface area contributed by atoms with Gasteiger partial charge in [0.2, 0.25) is 5.91 Å². The van der Waals surface area contributed by atoms with Crippen molar-refractivity contribution in [3.8, 4) is 0 Å². The predicted octanol–water partition coefficient (Wildman–Crippen LogP) is 1.12. The number of nitrogens with zero attached hydrogens (tertiary/aromatic N) is 5. The van der Waals surface area contributed by atoms with Gasteiger partial charge in [-0.3, -0.25) is 24.4 Å². The standard InChI is InChI=1S/C23H39N5O2S/c1-20(2)28-12-13-30-22(17-28)16-25-4-6-26(7-5-25)18-23(29)27-10-8-24(9-11-27)15-21-3-14-31-19-21/h3,14,19-20,22H,4-13,15-18H2,1-2H3. The molecule has 3 aliphatic rings. The summed E-state index contributed by atoms with van der Waals surface area (Å²) in [5, 5.41) is 4.36. The molecule has 31 heavy (non-hydrogen) atoms. The van der Waals surface area contributed by atoms with Crippen LogP contribution in [0.5, 0.6) is 0 Å². The van der Waals surface area contributed by atoms with Crippen LogP contribution >= 0.6 is 11.3 Å². The Morgan fingerprint density at radius 2 is 1.74 bits per heavy atom. The number of carbonyl (C=O) groups excluding carboxylic acids is 1. The van der Waals surface area contributed by atoms with E-state index in [9.17, 15) is 4.79 Å². The van der Waals surface area contributed by atoms with E-state index in [1.54, 1.807) is 11.3 Å². The third-order valence-corrected chi connectivity index (χ3v) is 7.63. The fourth-order valence-corrected chi connectivity index (χ4v) is 5.49. The van der Waals surface area contributed by atoms with E-state index < -0.39 is 0 Å². The van der Waals surface area contributed by atoms with Gasteiger partial charge in [-0.05, 0) is 36.2 Å². The van der Waals surface area contributed by atoms with Gasteiger partial charge in [0, 0.05) is 84.6 Å². The highest BCUT2D eigenvalue weighted by Gasteiger charge is 2.28. The number of amides is 1. The van der Waals surface area contributed by atoms with E-state index in [0.29, 0.717) is 24.6 Å². The predicted molar refractivity (Wildman–Crippen MR) is 126 cm³/mol. The van der Waals surface area contributed by atoms with Gasteiger partial charge in [-0.2, -0.15) is 11.3 Å².